The summed E-state index contributed by atoms with van der Waals surface area (Å²) in [5, 5.41) is 9.05. The molecule has 0 amide bonds. The SMILES string of the molecule is CCOC(=O)C1=C(C)N=c2s/c(=C\c3cc(Br)cc(I)c3OCC#N)c(=O)n2[C@H]1c1cc(OC)c(OC)cc1Br. The number of hydrogen-bond donors (Lipinski definition) is 0. The molecule has 3 aromatic rings. The van der Waals surface area contributed by atoms with E-state index in [9.17, 15) is 9.59 Å². The fourth-order valence-electron chi connectivity index (χ4n) is 4.25. The summed E-state index contributed by atoms with van der Waals surface area (Å²) in [6.45, 7) is 3.45. The highest BCUT2D eigenvalue weighted by Crippen LogP contribution is 2.41. The second kappa shape index (κ2) is 12.9. The van der Waals surface area contributed by atoms with Gasteiger partial charge >= 0.3 is 5.97 Å². The molecule has 1 atom stereocenters. The summed E-state index contributed by atoms with van der Waals surface area (Å²) >= 11 is 10.4. The minimum atomic E-state index is -0.858. The second-order valence-corrected chi connectivity index (χ2v) is 12.2. The third-order valence-electron chi connectivity index (χ3n) is 5.92. The maximum Gasteiger partial charge on any atom is 0.338 e. The van der Waals surface area contributed by atoms with Crippen LogP contribution in [0.3, 0.4) is 0 Å². The standard InChI is InChI=1S/C27H22Br2IN3O6S/c1-5-38-26(35)22-13(2)32-27-33(23(22)16-11-19(36-3)20(37-4)12-17(16)29)25(34)21(40-27)9-14-8-15(28)10-18(30)24(14)39-7-6-31/h8-12,23H,5,7H2,1-4H3/b21-9-/t23-/m0/s1. The summed E-state index contributed by atoms with van der Waals surface area (Å²) in [6, 6.07) is 8.24. The number of benzene rings is 2. The lowest BCUT2D eigenvalue weighted by Crippen LogP contribution is -2.40. The Hall–Kier alpha value is -2.67. The van der Waals surface area contributed by atoms with E-state index in [2.05, 4.69) is 59.4 Å². The summed E-state index contributed by atoms with van der Waals surface area (Å²) in [5.41, 5.74) is 1.53. The minimum absolute atomic E-state index is 0.144. The van der Waals surface area contributed by atoms with Crippen LogP contribution in [0.1, 0.15) is 31.0 Å². The highest BCUT2D eigenvalue weighted by atomic mass is 127. The number of rotatable bonds is 8. The smallest absolute Gasteiger partial charge is 0.338 e. The number of hydrogen-bond acceptors (Lipinski definition) is 9. The third-order valence-corrected chi connectivity index (χ3v) is 8.85. The van der Waals surface area contributed by atoms with Crippen LogP contribution in [0.2, 0.25) is 0 Å². The number of nitriles is 1. The van der Waals surface area contributed by atoms with Crippen molar-refractivity contribution in [2.45, 2.75) is 19.9 Å². The summed E-state index contributed by atoms with van der Waals surface area (Å²) in [6.07, 6.45) is 1.70. The van der Waals surface area contributed by atoms with Crippen LogP contribution < -0.4 is 29.1 Å². The van der Waals surface area contributed by atoms with Crippen molar-refractivity contribution in [3.63, 3.8) is 0 Å². The molecule has 0 fully saturated rings. The van der Waals surface area contributed by atoms with Gasteiger partial charge < -0.3 is 18.9 Å². The van der Waals surface area contributed by atoms with Crippen LogP contribution >= 0.6 is 65.8 Å². The van der Waals surface area contributed by atoms with Crippen LogP contribution in [0.15, 0.2) is 54.3 Å². The number of carbonyl (C=O) groups excluding carboxylic acids is 1. The molecule has 0 radical (unpaired) electrons. The predicted octanol–water partition coefficient (Wildman–Crippen LogP) is 4.85. The second-order valence-electron chi connectivity index (χ2n) is 8.28. The van der Waals surface area contributed by atoms with Gasteiger partial charge in [-0.15, -0.1) is 0 Å². The van der Waals surface area contributed by atoms with Crippen molar-refractivity contribution < 1.29 is 23.7 Å². The van der Waals surface area contributed by atoms with E-state index in [1.165, 1.54) is 30.1 Å². The van der Waals surface area contributed by atoms with Crippen molar-refractivity contribution in [3.05, 3.63) is 78.9 Å². The maximum atomic E-state index is 14.0. The van der Waals surface area contributed by atoms with E-state index in [1.807, 2.05) is 18.2 Å². The first kappa shape index (κ1) is 30.3. The molecule has 0 N–H and O–H groups in total. The average Bonchev–Trinajstić information content (AvgIpc) is 3.21. The molecule has 9 nitrogen and oxygen atoms in total. The Labute approximate surface area is 264 Å². The molecular formula is C27H22Br2IN3O6S. The molecule has 0 aliphatic carbocycles. The van der Waals surface area contributed by atoms with Crippen molar-refractivity contribution in [3.8, 4) is 23.3 Å². The Morgan fingerprint density at radius 2 is 1.93 bits per heavy atom. The third kappa shape index (κ3) is 5.86. The number of nitrogens with zero attached hydrogens (tertiary/aromatic N) is 3. The van der Waals surface area contributed by atoms with E-state index in [-0.39, 0.29) is 24.3 Å². The molecular weight excluding hydrogens is 781 g/mol. The Morgan fingerprint density at radius 1 is 1.23 bits per heavy atom. The number of esters is 1. The number of fused-ring (bicyclic) bond motifs is 1. The quantitative estimate of drug-likeness (QED) is 0.237. The number of allylic oxidation sites excluding steroid dienone is 1. The monoisotopic (exact) mass is 801 g/mol. The van der Waals surface area contributed by atoms with E-state index in [4.69, 9.17) is 24.2 Å². The lowest BCUT2D eigenvalue weighted by molar-refractivity contribution is -0.139. The minimum Gasteiger partial charge on any atom is -0.493 e. The van der Waals surface area contributed by atoms with Gasteiger partial charge in [0.1, 0.15) is 11.8 Å². The largest absolute Gasteiger partial charge is 0.493 e. The molecule has 1 aromatic heterocycles. The van der Waals surface area contributed by atoms with Gasteiger partial charge in [-0.25, -0.2) is 9.79 Å². The molecule has 40 heavy (non-hydrogen) atoms. The Bertz CT molecular complexity index is 1760. The number of aromatic nitrogens is 1. The van der Waals surface area contributed by atoms with Crippen LogP contribution in [0, 0.1) is 14.9 Å². The van der Waals surface area contributed by atoms with Gasteiger partial charge in [0.25, 0.3) is 5.56 Å². The Balaban J connectivity index is 2.02. The van der Waals surface area contributed by atoms with Crippen LogP contribution in [0.25, 0.3) is 6.08 Å². The molecule has 0 spiro atoms. The van der Waals surface area contributed by atoms with Crippen LogP contribution in [-0.4, -0.2) is 38.0 Å². The van der Waals surface area contributed by atoms with Crippen molar-refractivity contribution in [1.82, 2.24) is 4.57 Å². The van der Waals surface area contributed by atoms with Crippen molar-refractivity contribution in [2.75, 3.05) is 27.4 Å². The van der Waals surface area contributed by atoms with Gasteiger partial charge in [-0.1, -0.05) is 43.2 Å². The van der Waals surface area contributed by atoms with E-state index in [0.717, 1.165) is 8.04 Å². The van der Waals surface area contributed by atoms with Crippen molar-refractivity contribution >= 4 is 77.8 Å². The lowest BCUT2D eigenvalue weighted by atomic mass is 9.95. The lowest BCUT2D eigenvalue weighted by Gasteiger charge is -2.26. The highest BCUT2D eigenvalue weighted by molar-refractivity contribution is 14.1. The molecule has 0 bridgehead atoms. The first-order chi connectivity index (χ1) is 19.1. The summed E-state index contributed by atoms with van der Waals surface area (Å²) in [4.78, 5) is 32.3. The Kier molecular flexibility index (Phi) is 9.76. The normalized spacial score (nSPS) is 14.8. The van der Waals surface area contributed by atoms with Gasteiger partial charge in [-0.2, -0.15) is 5.26 Å². The molecule has 2 aromatic carbocycles. The van der Waals surface area contributed by atoms with E-state index in [0.29, 0.717) is 47.9 Å². The molecule has 0 unspecified atom stereocenters. The number of carbonyl (C=O) groups is 1. The fraction of sp³-hybridized carbons (Fsp3) is 0.259. The fourth-order valence-corrected chi connectivity index (χ4v) is 7.53. The molecule has 13 heteroatoms. The van der Waals surface area contributed by atoms with Gasteiger partial charge in [0.05, 0.1) is 46.2 Å². The predicted molar refractivity (Wildman–Crippen MR) is 166 cm³/mol. The van der Waals surface area contributed by atoms with Crippen LogP contribution in [0.5, 0.6) is 17.2 Å². The van der Waals surface area contributed by atoms with Gasteiger partial charge in [-0.05, 0) is 72.3 Å². The first-order valence-electron chi connectivity index (χ1n) is 11.7. The summed E-state index contributed by atoms with van der Waals surface area (Å²) in [5.74, 6) is 0.832. The van der Waals surface area contributed by atoms with Crippen LogP contribution in [0.4, 0.5) is 0 Å². The first-order valence-corrected chi connectivity index (χ1v) is 15.2. The number of thiazole rings is 1. The zero-order chi connectivity index (χ0) is 29.1. The molecule has 4 rings (SSSR count). The molecule has 0 saturated carbocycles. The number of ether oxygens (including phenoxy) is 4. The summed E-state index contributed by atoms with van der Waals surface area (Å²) in [7, 11) is 3.04. The average molecular weight is 803 g/mol. The number of halogens is 3. The van der Waals surface area contributed by atoms with Crippen LogP contribution in [-0.2, 0) is 9.53 Å². The van der Waals surface area contributed by atoms with Gasteiger partial charge in [-0.3, -0.25) is 9.36 Å². The van der Waals surface area contributed by atoms with Gasteiger partial charge in [0.15, 0.2) is 22.9 Å². The summed E-state index contributed by atoms with van der Waals surface area (Å²) < 4.78 is 26.0. The van der Waals surface area contributed by atoms with E-state index < -0.39 is 12.0 Å². The van der Waals surface area contributed by atoms with Gasteiger partial charge in [0, 0.05) is 14.5 Å². The van der Waals surface area contributed by atoms with E-state index >= 15 is 0 Å². The van der Waals surface area contributed by atoms with Crippen molar-refractivity contribution in [1.29, 1.82) is 5.26 Å². The highest BCUT2D eigenvalue weighted by Gasteiger charge is 2.35. The van der Waals surface area contributed by atoms with E-state index in [1.54, 1.807) is 32.1 Å². The van der Waals surface area contributed by atoms with Gasteiger partial charge in [0.2, 0.25) is 0 Å². The maximum absolute atomic E-state index is 14.0. The topological polar surface area (TPSA) is 112 Å². The zero-order valence-corrected chi connectivity index (χ0v) is 27.9. The Morgan fingerprint density at radius 3 is 2.58 bits per heavy atom. The van der Waals surface area contributed by atoms with Crippen molar-refractivity contribution in [2.24, 2.45) is 4.99 Å². The zero-order valence-electron chi connectivity index (χ0n) is 21.7. The molecule has 1 aliphatic rings. The molecule has 2 heterocycles. The molecule has 1 aliphatic heterocycles. The molecule has 208 valence electrons. The number of methoxy groups -OCH3 is 2. The molecule has 0 saturated heterocycles.